The molecule has 0 saturated carbocycles. The van der Waals surface area contributed by atoms with Crippen LogP contribution in [-0.2, 0) is 6.54 Å². The fourth-order valence-electron chi connectivity index (χ4n) is 1.11. The molecule has 2 aromatic heterocycles. The minimum Gasteiger partial charge on any atom is -0.479 e. The fourth-order valence-corrected chi connectivity index (χ4v) is 1.11. The van der Waals surface area contributed by atoms with Gasteiger partial charge in [-0.25, -0.2) is 0 Å². The molecule has 0 aromatic carbocycles. The van der Waals surface area contributed by atoms with Gasteiger partial charge in [0.05, 0.1) is 19.7 Å². The topological polar surface area (TPSA) is 103 Å². The average Bonchev–Trinajstić information content (AvgIpc) is 2.94. The molecule has 0 fully saturated rings. The van der Waals surface area contributed by atoms with Gasteiger partial charge in [-0.2, -0.15) is 0 Å². The predicted octanol–water partition coefficient (Wildman–Crippen LogP) is 0.305. The van der Waals surface area contributed by atoms with Gasteiger partial charge in [0.25, 0.3) is 11.8 Å². The Hall–Kier alpha value is -2.38. The Bertz CT molecular complexity index is 519. The summed E-state index contributed by atoms with van der Waals surface area (Å²) in [5.41, 5.74) is 0. The van der Waals surface area contributed by atoms with Crippen molar-refractivity contribution in [3.8, 4) is 5.88 Å². The zero-order valence-electron chi connectivity index (χ0n) is 9.26. The molecule has 0 radical (unpaired) electrons. The van der Waals surface area contributed by atoms with Gasteiger partial charge in [0.2, 0.25) is 17.5 Å². The second-order valence-corrected chi connectivity index (χ2v) is 3.13. The van der Waals surface area contributed by atoms with Crippen LogP contribution in [-0.4, -0.2) is 28.4 Å². The molecule has 8 nitrogen and oxygen atoms in total. The lowest BCUT2D eigenvalue weighted by Crippen LogP contribution is -2.22. The third-order valence-electron chi connectivity index (χ3n) is 1.89. The number of hydrogen-bond donors (Lipinski definition) is 1. The molecule has 0 aliphatic heterocycles. The van der Waals surface area contributed by atoms with Gasteiger partial charge in [0.15, 0.2) is 0 Å². The Labute approximate surface area is 95.9 Å². The minimum atomic E-state index is -0.434. The quantitative estimate of drug-likeness (QED) is 0.817. The lowest BCUT2D eigenvalue weighted by atomic mass is 10.4. The summed E-state index contributed by atoms with van der Waals surface area (Å²) in [6.45, 7) is 1.79. The highest BCUT2D eigenvalue weighted by Crippen LogP contribution is 2.10. The number of amides is 1. The molecule has 0 bridgehead atoms. The van der Waals surface area contributed by atoms with Crippen molar-refractivity contribution >= 4 is 5.91 Å². The Kier molecular flexibility index (Phi) is 3.03. The van der Waals surface area contributed by atoms with E-state index in [1.165, 1.54) is 13.2 Å². The van der Waals surface area contributed by atoms with E-state index in [0.29, 0.717) is 11.8 Å². The number of aryl methyl sites for hydroxylation is 1. The van der Waals surface area contributed by atoms with Crippen LogP contribution in [0.15, 0.2) is 15.0 Å². The van der Waals surface area contributed by atoms with Crippen LogP contribution < -0.4 is 10.1 Å². The summed E-state index contributed by atoms with van der Waals surface area (Å²) in [5, 5.41) is 13.4. The average molecular weight is 238 g/mol. The number of hydrogen-bond acceptors (Lipinski definition) is 7. The Balaban J connectivity index is 1.93. The molecule has 0 aliphatic carbocycles. The van der Waals surface area contributed by atoms with Crippen LogP contribution in [0.1, 0.15) is 22.3 Å². The molecule has 1 N–H and O–H groups in total. The van der Waals surface area contributed by atoms with Crippen LogP contribution in [0, 0.1) is 6.92 Å². The van der Waals surface area contributed by atoms with Crippen LogP contribution in [0.3, 0.4) is 0 Å². The predicted molar refractivity (Wildman–Crippen MR) is 53.3 cm³/mol. The van der Waals surface area contributed by atoms with Crippen LogP contribution in [0.25, 0.3) is 0 Å². The van der Waals surface area contributed by atoms with E-state index in [-0.39, 0.29) is 18.2 Å². The summed E-state index contributed by atoms with van der Waals surface area (Å²) < 4.78 is 14.6. The first-order valence-electron chi connectivity index (χ1n) is 4.77. The van der Waals surface area contributed by atoms with Gasteiger partial charge in [-0.05, 0) is 5.16 Å². The number of rotatable bonds is 4. The third-order valence-corrected chi connectivity index (χ3v) is 1.89. The molecule has 90 valence electrons. The monoisotopic (exact) mass is 238 g/mol. The number of methoxy groups -OCH3 is 1. The van der Waals surface area contributed by atoms with Gasteiger partial charge >= 0.3 is 0 Å². The first-order valence-corrected chi connectivity index (χ1v) is 4.77. The molecule has 2 aromatic rings. The van der Waals surface area contributed by atoms with Gasteiger partial charge in [-0.1, -0.05) is 0 Å². The van der Waals surface area contributed by atoms with Gasteiger partial charge in [-0.3, -0.25) is 4.79 Å². The summed E-state index contributed by atoms with van der Waals surface area (Å²) in [7, 11) is 1.43. The summed E-state index contributed by atoms with van der Waals surface area (Å²) >= 11 is 0. The van der Waals surface area contributed by atoms with E-state index in [9.17, 15) is 4.79 Å². The molecular weight excluding hydrogens is 228 g/mol. The number of carbonyl (C=O) groups excluding carboxylic acids is 1. The van der Waals surface area contributed by atoms with Crippen molar-refractivity contribution in [2.24, 2.45) is 0 Å². The van der Waals surface area contributed by atoms with Gasteiger partial charge in [0.1, 0.15) is 0 Å². The maximum Gasteiger partial charge on any atom is 0.290 e. The normalized spacial score (nSPS) is 10.2. The summed E-state index contributed by atoms with van der Waals surface area (Å²) in [6, 6.07) is 1.38. The SMILES string of the molecule is COc1cc(C(=O)NCc2nnc(C)o2)on1. The standard InChI is InChI=1S/C9H10N4O4/c1-5-11-12-8(16-5)4-10-9(14)6-3-7(15-2)13-17-6/h3H,4H2,1-2H3,(H,10,14). The molecule has 0 spiro atoms. The van der Waals surface area contributed by atoms with Gasteiger partial charge in [-0.15, -0.1) is 10.2 Å². The fraction of sp³-hybridized carbons (Fsp3) is 0.333. The Morgan fingerprint density at radius 1 is 1.53 bits per heavy atom. The molecule has 2 heterocycles. The van der Waals surface area contributed by atoms with Crippen molar-refractivity contribution in [3.63, 3.8) is 0 Å². The van der Waals surface area contributed by atoms with Crippen molar-refractivity contribution in [2.45, 2.75) is 13.5 Å². The number of ether oxygens (including phenoxy) is 1. The highest BCUT2D eigenvalue weighted by Gasteiger charge is 2.14. The summed E-state index contributed by atoms with van der Waals surface area (Å²) in [5.74, 6) is 0.622. The lowest BCUT2D eigenvalue weighted by molar-refractivity contribution is 0.0910. The highest BCUT2D eigenvalue weighted by atomic mass is 16.5. The number of nitrogens with zero attached hydrogens (tertiary/aromatic N) is 3. The van der Waals surface area contributed by atoms with E-state index < -0.39 is 5.91 Å². The molecule has 2 rings (SSSR count). The van der Waals surface area contributed by atoms with Crippen LogP contribution in [0.5, 0.6) is 5.88 Å². The second-order valence-electron chi connectivity index (χ2n) is 3.13. The van der Waals surface area contributed by atoms with E-state index in [1.54, 1.807) is 6.92 Å². The van der Waals surface area contributed by atoms with Crippen molar-refractivity contribution in [1.82, 2.24) is 20.7 Å². The summed E-state index contributed by atoms with van der Waals surface area (Å²) in [4.78, 5) is 11.6. The number of nitrogens with one attached hydrogen (secondary N) is 1. The van der Waals surface area contributed by atoms with Crippen molar-refractivity contribution in [1.29, 1.82) is 0 Å². The molecule has 0 atom stereocenters. The Morgan fingerprint density at radius 3 is 2.94 bits per heavy atom. The molecule has 0 saturated heterocycles. The third kappa shape index (κ3) is 2.60. The molecule has 8 heteroatoms. The first-order chi connectivity index (χ1) is 8.19. The Morgan fingerprint density at radius 2 is 2.35 bits per heavy atom. The van der Waals surface area contributed by atoms with Crippen molar-refractivity contribution in [2.75, 3.05) is 7.11 Å². The zero-order valence-corrected chi connectivity index (χ0v) is 9.26. The molecule has 1 amide bonds. The largest absolute Gasteiger partial charge is 0.479 e. The molecule has 17 heavy (non-hydrogen) atoms. The molecule has 0 unspecified atom stereocenters. The minimum absolute atomic E-state index is 0.0538. The number of carbonyl (C=O) groups is 1. The smallest absolute Gasteiger partial charge is 0.290 e. The van der Waals surface area contributed by atoms with Crippen molar-refractivity contribution < 1.29 is 18.5 Å². The van der Waals surface area contributed by atoms with Crippen molar-refractivity contribution in [3.05, 3.63) is 23.6 Å². The molecular formula is C9H10N4O4. The van der Waals surface area contributed by atoms with E-state index in [4.69, 9.17) is 13.7 Å². The van der Waals surface area contributed by atoms with Crippen LogP contribution in [0.2, 0.25) is 0 Å². The van der Waals surface area contributed by atoms with E-state index in [0.717, 1.165) is 0 Å². The maximum atomic E-state index is 11.6. The highest BCUT2D eigenvalue weighted by molar-refractivity contribution is 5.91. The van der Waals surface area contributed by atoms with Gasteiger partial charge in [0, 0.05) is 6.92 Å². The van der Waals surface area contributed by atoms with E-state index in [1.807, 2.05) is 0 Å². The lowest BCUT2D eigenvalue weighted by Gasteiger charge is -1.96. The molecule has 0 aliphatic rings. The van der Waals surface area contributed by atoms with E-state index in [2.05, 4.69) is 20.7 Å². The first kappa shape index (κ1) is 11.1. The van der Waals surface area contributed by atoms with E-state index >= 15 is 0 Å². The second kappa shape index (κ2) is 4.64. The van der Waals surface area contributed by atoms with Crippen LogP contribution >= 0.6 is 0 Å². The van der Waals surface area contributed by atoms with Gasteiger partial charge < -0.3 is 19.0 Å². The zero-order chi connectivity index (χ0) is 12.3. The van der Waals surface area contributed by atoms with Crippen LogP contribution in [0.4, 0.5) is 0 Å². The maximum absolute atomic E-state index is 11.6. The summed E-state index contributed by atoms with van der Waals surface area (Å²) in [6.07, 6.45) is 0. The number of aromatic nitrogens is 3.